The molecule has 2 aliphatic heterocycles. The van der Waals surface area contributed by atoms with Crippen molar-refractivity contribution in [2.24, 2.45) is 11.8 Å². The molecule has 3 aliphatic rings. The first-order chi connectivity index (χ1) is 13.4. The van der Waals surface area contributed by atoms with Gasteiger partial charge in [-0.2, -0.15) is 0 Å². The highest BCUT2D eigenvalue weighted by Crippen LogP contribution is 2.44. The van der Waals surface area contributed by atoms with Crippen LogP contribution < -0.4 is 0 Å². The number of nitrogens with zero attached hydrogens (tertiary/aromatic N) is 2. The first-order valence-electron chi connectivity index (χ1n) is 9.40. The predicted octanol–water partition coefficient (Wildman–Crippen LogP) is 1.24. The maximum Gasteiger partial charge on any atom is 0.328 e. The second kappa shape index (κ2) is 6.89. The minimum absolute atomic E-state index is 0.195. The van der Waals surface area contributed by atoms with Crippen molar-refractivity contribution in [1.29, 1.82) is 0 Å². The van der Waals surface area contributed by atoms with E-state index < -0.39 is 29.9 Å². The number of likely N-dealkylation sites (tertiary alicyclic amines) is 2. The standard InChI is InChI=1S/C21H22N2O5/c1-22-19(25)14-10-13(12-6-4-3-5-7-12)11-16(18(14)20(22)26)23-15(21(27)28-2)8-9-17(23)24/h3-7,11,14-16,18H,8-10H2,1-2H3/t14-,15-,16?,18-/m0/s1. The molecule has 0 saturated carbocycles. The lowest BCUT2D eigenvalue weighted by Crippen LogP contribution is -2.52. The summed E-state index contributed by atoms with van der Waals surface area (Å²) in [6, 6.07) is 8.22. The smallest absolute Gasteiger partial charge is 0.328 e. The van der Waals surface area contributed by atoms with Crippen molar-refractivity contribution in [3.05, 3.63) is 42.0 Å². The molecule has 0 bridgehead atoms. The SMILES string of the molecule is COC(=O)[C@@H]1CCC(=O)N1C1C=C(c2ccccc2)C[C@@H]2C(=O)N(C)C(=O)[C@H]12. The molecule has 4 atom stereocenters. The van der Waals surface area contributed by atoms with Crippen LogP contribution in [0, 0.1) is 11.8 Å². The van der Waals surface area contributed by atoms with E-state index >= 15 is 0 Å². The number of fused-ring (bicyclic) bond motifs is 1. The maximum absolute atomic E-state index is 12.8. The van der Waals surface area contributed by atoms with E-state index in [9.17, 15) is 19.2 Å². The van der Waals surface area contributed by atoms with Crippen LogP contribution in [0.5, 0.6) is 0 Å². The normalized spacial score (nSPS) is 29.8. The van der Waals surface area contributed by atoms with E-state index in [1.54, 1.807) is 0 Å². The van der Waals surface area contributed by atoms with Crippen LogP contribution in [-0.4, -0.2) is 59.7 Å². The highest BCUT2D eigenvalue weighted by atomic mass is 16.5. The van der Waals surface area contributed by atoms with Crippen molar-refractivity contribution < 1.29 is 23.9 Å². The molecule has 0 radical (unpaired) electrons. The molecular weight excluding hydrogens is 360 g/mol. The van der Waals surface area contributed by atoms with Gasteiger partial charge in [-0.1, -0.05) is 36.4 Å². The number of rotatable bonds is 3. The molecule has 0 spiro atoms. The molecule has 4 rings (SSSR count). The summed E-state index contributed by atoms with van der Waals surface area (Å²) in [4.78, 5) is 53.1. The van der Waals surface area contributed by atoms with Gasteiger partial charge in [-0.15, -0.1) is 0 Å². The number of hydrogen-bond donors (Lipinski definition) is 0. The van der Waals surface area contributed by atoms with E-state index in [0.717, 1.165) is 16.0 Å². The lowest BCUT2D eigenvalue weighted by Gasteiger charge is -2.38. The molecule has 28 heavy (non-hydrogen) atoms. The average molecular weight is 382 g/mol. The number of benzene rings is 1. The third kappa shape index (κ3) is 2.73. The number of esters is 1. The van der Waals surface area contributed by atoms with Crippen LogP contribution in [0.15, 0.2) is 36.4 Å². The third-order valence-corrected chi connectivity index (χ3v) is 6.07. The van der Waals surface area contributed by atoms with Crippen LogP contribution in [0.1, 0.15) is 24.8 Å². The largest absolute Gasteiger partial charge is 0.467 e. The number of allylic oxidation sites excluding steroid dienone is 1. The predicted molar refractivity (Wildman–Crippen MR) is 99.5 cm³/mol. The third-order valence-electron chi connectivity index (χ3n) is 6.07. The number of ether oxygens (including phenoxy) is 1. The number of carbonyl (C=O) groups is 4. The summed E-state index contributed by atoms with van der Waals surface area (Å²) >= 11 is 0. The van der Waals surface area contributed by atoms with Crippen LogP contribution in [0.4, 0.5) is 0 Å². The monoisotopic (exact) mass is 382 g/mol. The fourth-order valence-electron chi connectivity index (χ4n) is 4.68. The summed E-state index contributed by atoms with van der Waals surface area (Å²) in [6.07, 6.45) is 2.90. The van der Waals surface area contributed by atoms with Crippen molar-refractivity contribution in [3.8, 4) is 0 Å². The Morgan fingerprint density at radius 3 is 2.50 bits per heavy atom. The van der Waals surface area contributed by atoms with Crippen LogP contribution in [0.25, 0.3) is 5.57 Å². The Labute approximate surface area is 162 Å². The zero-order valence-electron chi connectivity index (χ0n) is 15.8. The number of carbonyl (C=O) groups excluding carboxylic acids is 4. The summed E-state index contributed by atoms with van der Waals surface area (Å²) in [5.74, 6) is -2.42. The van der Waals surface area contributed by atoms with Crippen molar-refractivity contribution >= 4 is 29.3 Å². The van der Waals surface area contributed by atoms with Crippen LogP contribution >= 0.6 is 0 Å². The van der Waals surface area contributed by atoms with Crippen molar-refractivity contribution in [2.75, 3.05) is 14.2 Å². The van der Waals surface area contributed by atoms with Gasteiger partial charge >= 0.3 is 5.97 Å². The molecule has 1 aromatic carbocycles. The molecule has 1 aliphatic carbocycles. The lowest BCUT2D eigenvalue weighted by atomic mass is 9.75. The van der Waals surface area contributed by atoms with E-state index in [4.69, 9.17) is 4.74 Å². The minimum Gasteiger partial charge on any atom is -0.467 e. The molecule has 146 valence electrons. The first-order valence-corrected chi connectivity index (χ1v) is 9.40. The Hall–Kier alpha value is -2.96. The zero-order valence-corrected chi connectivity index (χ0v) is 15.8. The lowest BCUT2D eigenvalue weighted by molar-refractivity contribution is -0.152. The number of hydrogen-bond acceptors (Lipinski definition) is 5. The summed E-state index contributed by atoms with van der Waals surface area (Å²) in [5, 5.41) is 0. The minimum atomic E-state index is -0.733. The average Bonchev–Trinajstić information content (AvgIpc) is 3.21. The first kappa shape index (κ1) is 18.4. The van der Waals surface area contributed by atoms with Crippen molar-refractivity contribution in [1.82, 2.24) is 9.80 Å². The topological polar surface area (TPSA) is 84.0 Å². The van der Waals surface area contributed by atoms with Gasteiger partial charge in [0.1, 0.15) is 6.04 Å². The highest BCUT2D eigenvalue weighted by molar-refractivity contribution is 6.07. The summed E-state index contributed by atoms with van der Waals surface area (Å²) in [6.45, 7) is 0. The second-order valence-corrected chi connectivity index (χ2v) is 7.50. The van der Waals surface area contributed by atoms with Gasteiger partial charge in [0, 0.05) is 13.5 Å². The van der Waals surface area contributed by atoms with E-state index in [1.807, 2.05) is 36.4 Å². The molecule has 0 aromatic heterocycles. The van der Waals surface area contributed by atoms with Gasteiger partial charge in [0.2, 0.25) is 17.7 Å². The number of methoxy groups -OCH3 is 1. The quantitative estimate of drug-likeness (QED) is 0.580. The van der Waals surface area contributed by atoms with Gasteiger partial charge < -0.3 is 9.64 Å². The molecule has 2 saturated heterocycles. The van der Waals surface area contributed by atoms with Gasteiger partial charge in [-0.3, -0.25) is 19.3 Å². The summed E-state index contributed by atoms with van der Waals surface area (Å²) < 4.78 is 4.88. The van der Waals surface area contributed by atoms with E-state index in [1.165, 1.54) is 19.1 Å². The highest BCUT2D eigenvalue weighted by Gasteiger charge is 2.55. The molecule has 1 aromatic rings. The fourth-order valence-corrected chi connectivity index (χ4v) is 4.68. The van der Waals surface area contributed by atoms with Gasteiger partial charge in [0.25, 0.3) is 0 Å². The molecule has 7 nitrogen and oxygen atoms in total. The number of amides is 3. The van der Waals surface area contributed by atoms with Gasteiger partial charge in [-0.05, 0) is 24.0 Å². The Kier molecular flexibility index (Phi) is 4.53. The van der Waals surface area contributed by atoms with Gasteiger partial charge in [-0.25, -0.2) is 4.79 Å². The Bertz CT molecular complexity index is 878. The van der Waals surface area contributed by atoms with Crippen LogP contribution in [0.3, 0.4) is 0 Å². The molecule has 0 N–H and O–H groups in total. The Morgan fingerprint density at radius 2 is 1.82 bits per heavy atom. The maximum atomic E-state index is 12.8. The van der Waals surface area contributed by atoms with Crippen molar-refractivity contribution in [3.63, 3.8) is 0 Å². The van der Waals surface area contributed by atoms with Crippen LogP contribution in [-0.2, 0) is 23.9 Å². The summed E-state index contributed by atoms with van der Waals surface area (Å²) in [7, 11) is 2.77. The molecule has 3 amide bonds. The fraction of sp³-hybridized carbons (Fsp3) is 0.429. The van der Waals surface area contributed by atoms with E-state index in [0.29, 0.717) is 12.8 Å². The van der Waals surface area contributed by atoms with E-state index in [-0.39, 0.29) is 24.1 Å². The number of imide groups is 1. The molecule has 7 heteroatoms. The van der Waals surface area contributed by atoms with E-state index in [2.05, 4.69) is 0 Å². The molecular formula is C21H22N2O5. The second-order valence-electron chi connectivity index (χ2n) is 7.50. The van der Waals surface area contributed by atoms with Gasteiger partial charge in [0.15, 0.2) is 0 Å². The molecule has 1 unspecified atom stereocenters. The van der Waals surface area contributed by atoms with Gasteiger partial charge in [0.05, 0.1) is 25.0 Å². The molecule has 2 fully saturated rings. The zero-order chi connectivity index (χ0) is 20.0. The summed E-state index contributed by atoms with van der Waals surface area (Å²) in [5.41, 5.74) is 1.86. The van der Waals surface area contributed by atoms with Crippen LogP contribution in [0.2, 0.25) is 0 Å². The van der Waals surface area contributed by atoms with Crippen molar-refractivity contribution in [2.45, 2.75) is 31.3 Å². The Balaban J connectivity index is 1.81. The molecule has 2 heterocycles. The Morgan fingerprint density at radius 1 is 1.11 bits per heavy atom.